The van der Waals surface area contributed by atoms with Gasteiger partial charge in [-0.15, -0.1) is 11.3 Å². The Balaban J connectivity index is 1.36. The summed E-state index contributed by atoms with van der Waals surface area (Å²) in [6.45, 7) is 3.94. The van der Waals surface area contributed by atoms with Crippen LogP contribution in [0.1, 0.15) is 36.4 Å². The first kappa shape index (κ1) is 19.6. The number of fused-ring (bicyclic) bond motifs is 2. The quantitative estimate of drug-likeness (QED) is 0.669. The molecule has 2 amide bonds. The second-order valence-electron chi connectivity index (χ2n) is 7.83. The first-order valence-corrected chi connectivity index (χ1v) is 10.9. The highest BCUT2D eigenvalue weighted by Gasteiger charge is 2.22. The zero-order chi connectivity index (χ0) is 20.4. The molecular weight excluding hydrogens is 382 g/mol. The first-order chi connectivity index (χ1) is 14.0. The van der Waals surface area contributed by atoms with Crippen molar-refractivity contribution in [2.24, 2.45) is 5.92 Å². The highest BCUT2D eigenvalue weighted by molar-refractivity contribution is 7.15. The average Bonchev–Trinajstić information content (AvgIpc) is 3.09. The first-order valence-electron chi connectivity index (χ1n) is 10.0. The van der Waals surface area contributed by atoms with Crippen LogP contribution in [-0.2, 0) is 28.9 Å². The number of thiazole rings is 1. The van der Waals surface area contributed by atoms with Gasteiger partial charge in [-0.25, -0.2) is 4.98 Å². The number of nitrogens with zero attached hydrogens (tertiary/aromatic N) is 1. The van der Waals surface area contributed by atoms with Crippen molar-refractivity contribution >= 4 is 39.1 Å². The van der Waals surface area contributed by atoms with E-state index in [0.29, 0.717) is 11.0 Å². The standard InChI is InChI=1S/C23H25N3O2S/c1-14-10-11-19-20(12-14)29-23(25-19)26-22(28)15(2)24-21(27)13-17-8-5-7-16-6-3-4-9-18(16)17/h3-9,14-15H,10-13H2,1-2H3,(H,24,27)(H,25,26,28)/t14?,15-/m0/s1. The lowest BCUT2D eigenvalue weighted by Gasteiger charge is -2.15. The normalized spacial score (nSPS) is 16.8. The minimum Gasteiger partial charge on any atom is -0.344 e. The Morgan fingerprint density at radius 2 is 2.00 bits per heavy atom. The molecule has 2 N–H and O–H groups in total. The van der Waals surface area contributed by atoms with Gasteiger partial charge in [0.1, 0.15) is 6.04 Å². The van der Waals surface area contributed by atoms with E-state index >= 15 is 0 Å². The SMILES string of the molecule is CC1CCc2nc(NC(=O)[C@H](C)NC(=O)Cc3cccc4ccccc34)sc2C1. The van der Waals surface area contributed by atoms with Gasteiger partial charge in [0, 0.05) is 4.88 Å². The molecule has 1 aliphatic carbocycles. The Morgan fingerprint density at radius 1 is 1.21 bits per heavy atom. The number of hydrogen-bond donors (Lipinski definition) is 2. The van der Waals surface area contributed by atoms with E-state index in [-0.39, 0.29) is 18.2 Å². The maximum absolute atomic E-state index is 12.5. The van der Waals surface area contributed by atoms with Gasteiger partial charge < -0.3 is 10.6 Å². The van der Waals surface area contributed by atoms with Gasteiger partial charge in [0.05, 0.1) is 12.1 Å². The van der Waals surface area contributed by atoms with Crippen molar-refractivity contribution in [1.29, 1.82) is 0 Å². The number of hydrogen-bond acceptors (Lipinski definition) is 4. The third-order valence-electron chi connectivity index (χ3n) is 5.42. The number of benzene rings is 2. The number of carbonyl (C=O) groups excluding carboxylic acids is 2. The monoisotopic (exact) mass is 407 g/mol. The van der Waals surface area contributed by atoms with Crippen molar-refractivity contribution in [3.05, 3.63) is 58.6 Å². The summed E-state index contributed by atoms with van der Waals surface area (Å²) < 4.78 is 0. The van der Waals surface area contributed by atoms with E-state index in [2.05, 4.69) is 22.5 Å². The van der Waals surface area contributed by atoms with Gasteiger partial charge in [0.15, 0.2) is 5.13 Å². The zero-order valence-corrected chi connectivity index (χ0v) is 17.5. The van der Waals surface area contributed by atoms with Crippen LogP contribution in [-0.4, -0.2) is 22.8 Å². The summed E-state index contributed by atoms with van der Waals surface area (Å²) in [6.07, 6.45) is 3.38. The van der Waals surface area contributed by atoms with Gasteiger partial charge in [-0.3, -0.25) is 9.59 Å². The molecular formula is C23H25N3O2S. The van der Waals surface area contributed by atoms with E-state index < -0.39 is 6.04 Å². The van der Waals surface area contributed by atoms with Crippen molar-refractivity contribution in [3.63, 3.8) is 0 Å². The van der Waals surface area contributed by atoms with Crippen LogP contribution in [0.5, 0.6) is 0 Å². The summed E-state index contributed by atoms with van der Waals surface area (Å²) in [5, 5.41) is 8.47. The molecule has 0 spiro atoms. The zero-order valence-electron chi connectivity index (χ0n) is 16.7. The van der Waals surface area contributed by atoms with E-state index in [1.807, 2.05) is 42.5 Å². The summed E-state index contributed by atoms with van der Waals surface area (Å²) in [7, 11) is 0. The number of anilines is 1. The second-order valence-corrected chi connectivity index (χ2v) is 8.91. The molecule has 2 atom stereocenters. The number of nitrogens with one attached hydrogen (secondary N) is 2. The van der Waals surface area contributed by atoms with Gasteiger partial charge in [-0.2, -0.15) is 0 Å². The number of aromatic nitrogens is 1. The van der Waals surface area contributed by atoms with Gasteiger partial charge in [0.25, 0.3) is 0 Å². The molecule has 0 radical (unpaired) electrons. The van der Waals surface area contributed by atoms with Crippen LogP contribution in [0.25, 0.3) is 10.8 Å². The average molecular weight is 408 g/mol. The van der Waals surface area contributed by atoms with Crippen LogP contribution in [0, 0.1) is 5.92 Å². The summed E-state index contributed by atoms with van der Waals surface area (Å²) in [6, 6.07) is 13.3. The highest BCUT2D eigenvalue weighted by Crippen LogP contribution is 2.32. The maximum Gasteiger partial charge on any atom is 0.248 e. The summed E-state index contributed by atoms with van der Waals surface area (Å²) >= 11 is 1.55. The summed E-state index contributed by atoms with van der Waals surface area (Å²) in [5.41, 5.74) is 2.06. The van der Waals surface area contributed by atoms with Crippen molar-refractivity contribution in [1.82, 2.24) is 10.3 Å². The number of rotatable bonds is 5. The van der Waals surface area contributed by atoms with E-state index in [1.54, 1.807) is 18.3 Å². The molecule has 1 unspecified atom stereocenters. The summed E-state index contributed by atoms with van der Waals surface area (Å²) in [4.78, 5) is 30.9. The third kappa shape index (κ3) is 4.48. The molecule has 1 heterocycles. The lowest BCUT2D eigenvalue weighted by molar-refractivity contribution is -0.125. The molecule has 4 rings (SSSR count). The van der Waals surface area contributed by atoms with Crippen LogP contribution in [0.3, 0.4) is 0 Å². The highest BCUT2D eigenvalue weighted by atomic mass is 32.1. The minimum atomic E-state index is -0.627. The van der Waals surface area contributed by atoms with Crippen LogP contribution < -0.4 is 10.6 Å². The number of amides is 2. The molecule has 29 heavy (non-hydrogen) atoms. The molecule has 0 saturated heterocycles. The Labute approximate surface area is 174 Å². The number of aryl methyl sites for hydroxylation is 1. The van der Waals surface area contributed by atoms with Gasteiger partial charge in [0.2, 0.25) is 11.8 Å². The van der Waals surface area contributed by atoms with E-state index in [1.165, 1.54) is 4.88 Å². The molecule has 3 aromatic rings. The van der Waals surface area contributed by atoms with Gasteiger partial charge >= 0.3 is 0 Å². The predicted molar refractivity (Wildman–Crippen MR) is 117 cm³/mol. The lowest BCUT2D eigenvalue weighted by atomic mass is 9.93. The van der Waals surface area contributed by atoms with Gasteiger partial charge in [-0.05, 0) is 48.4 Å². The van der Waals surface area contributed by atoms with Crippen LogP contribution in [0.15, 0.2) is 42.5 Å². The molecule has 0 fully saturated rings. The van der Waals surface area contributed by atoms with Crippen molar-refractivity contribution in [2.75, 3.05) is 5.32 Å². The molecule has 1 aliphatic rings. The fraction of sp³-hybridized carbons (Fsp3) is 0.348. The van der Waals surface area contributed by atoms with Crippen LogP contribution in [0.4, 0.5) is 5.13 Å². The molecule has 0 bridgehead atoms. The Hall–Kier alpha value is -2.73. The predicted octanol–water partition coefficient (Wildman–Crippen LogP) is 4.11. The fourth-order valence-electron chi connectivity index (χ4n) is 3.78. The van der Waals surface area contributed by atoms with E-state index in [0.717, 1.165) is 41.3 Å². The molecule has 150 valence electrons. The molecule has 5 nitrogen and oxygen atoms in total. The minimum absolute atomic E-state index is 0.170. The third-order valence-corrected chi connectivity index (χ3v) is 6.45. The topological polar surface area (TPSA) is 71.1 Å². The Morgan fingerprint density at radius 3 is 2.86 bits per heavy atom. The molecule has 0 aliphatic heterocycles. The molecule has 2 aromatic carbocycles. The van der Waals surface area contributed by atoms with Crippen LogP contribution >= 0.6 is 11.3 Å². The number of carbonyl (C=O) groups is 2. The fourth-order valence-corrected chi connectivity index (χ4v) is 4.96. The van der Waals surface area contributed by atoms with E-state index in [9.17, 15) is 9.59 Å². The summed E-state index contributed by atoms with van der Waals surface area (Å²) in [5.74, 6) is 0.255. The maximum atomic E-state index is 12.5. The Kier molecular flexibility index (Phi) is 5.62. The second kappa shape index (κ2) is 8.33. The van der Waals surface area contributed by atoms with E-state index in [4.69, 9.17) is 0 Å². The van der Waals surface area contributed by atoms with Crippen molar-refractivity contribution in [2.45, 2.75) is 45.6 Å². The Bertz CT molecular complexity index is 1050. The largest absolute Gasteiger partial charge is 0.344 e. The smallest absolute Gasteiger partial charge is 0.248 e. The van der Waals surface area contributed by atoms with Crippen LogP contribution in [0.2, 0.25) is 0 Å². The van der Waals surface area contributed by atoms with Gasteiger partial charge in [-0.1, -0.05) is 49.4 Å². The lowest BCUT2D eigenvalue weighted by Crippen LogP contribution is -2.42. The van der Waals surface area contributed by atoms with Crippen molar-refractivity contribution in [3.8, 4) is 0 Å². The molecule has 1 aromatic heterocycles. The molecule has 0 saturated carbocycles. The van der Waals surface area contributed by atoms with Crippen molar-refractivity contribution < 1.29 is 9.59 Å². The molecule has 6 heteroatoms.